The molecular formula is C20H18F3N3O. The van der Waals surface area contributed by atoms with Crippen LogP contribution in [0.3, 0.4) is 0 Å². The van der Waals surface area contributed by atoms with E-state index in [-0.39, 0.29) is 12.1 Å². The molecule has 0 fully saturated rings. The lowest BCUT2D eigenvalue weighted by molar-refractivity contribution is -0.137. The van der Waals surface area contributed by atoms with Crippen molar-refractivity contribution in [2.24, 2.45) is 0 Å². The van der Waals surface area contributed by atoms with Gasteiger partial charge in [-0.05, 0) is 61.9 Å². The van der Waals surface area contributed by atoms with Gasteiger partial charge < -0.3 is 5.32 Å². The molecule has 1 amide bonds. The molecule has 1 heterocycles. The highest BCUT2D eigenvalue weighted by Crippen LogP contribution is 2.29. The summed E-state index contributed by atoms with van der Waals surface area (Å²) in [5.74, 6) is -0.425. The molecule has 140 valence electrons. The molecule has 0 radical (unpaired) electrons. The Morgan fingerprint density at radius 3 is 2.19 bits per heavy atom. The third-order valence-corrected chi connectivity index (χ3v) is 4.12. The van der Waals surface area contributed by atoms with E-state index in [1.807, 2.05) is 48.9 Å². The Labute approximate surface area is 154 Å². The number of aromatic nitrogens is 2. The van der Waals surface area contributed by atoms with Crippen molar-refractivity contribution in [3.05, 3.63) is 82.7 Å². The molecule has 0 aliphatic rings. The zero-order valence-electron chi connectivity index (χ0n) is 14.8. The van der Waals surface area contributed by atoms with E-state index < -0.39 is 17.6 Å². The van der Waals surface area contributed by atoms with Crippen LogP contribution in [0.1, 0.15) is 32.9 Å². The fraction of sp³-hybridized carbons (Fsp3) is 0.200. The maximum atomic E-state index is 12.6. The summed E-state index contributed by atoms with van der Waals surface area (Å²) in [7, 11) is 0. The second kappa shape index (κ2) is 7.26. The molecule has 0 saturated heterocycles. The Kier molecular flexibility index (Phi) is 5.03. The third kappa shape index (κ3) is 4.36. The first-order valence-electron chi connectivity index (χ1n) is 8.32. The molecule has 7 heteroatoms. The largest absolute Gasteiger partial charge is 0.416 e. The van der Waals surface area contributed by atoms with Crippen molar-refractivity contribution in [1.29, 1.82) is 0 Å². The average molecular weight is 373 g/mol. The Morgan fingerprint density at radius 2 is 1.67 bits per heavy atom. The molecular weight excluding hydrogens is 355 g/mol. The molecule has 0 aliphatic carbocycles. The van der Waals surface area contributed by atoms with Gasteiger partial charge in [-0.3, -0.25) is 4.79 Å². The van der Waals surface area contributed by atoms with Crippen LogP contribution in [0.25, 0.3) is 5.69 Å². The van der Waals surface area contributed by atoms with E-state index in [4.69, 9.17) is 0 Å². The zero-order valence-corrected chi connectivity index (χ0v) is 14.8. The van der Waals surface area contributed by atoms with Crippen molar-refractivity contribution in [2.45, 2.75) is 26.6 Å². The molecule has 3 aromatic rings. The van der Waals surface area contributed by atoms with E-state index >= 15 is 0 Å². The molecule has 27 heavy (non-hydrogen) atoms. The third-order valence-electron chi connectivity index (χ3n) is 4.12. The number of carbonyl (C=O) groups excluding carboxylic acids is 1. The number of benzene rings is 2. The molecule has 2 aromatic carbocycles. The number of amides is 1. The van der Waals surface area contributed by atoms with Crippen molar-refractivity contribution >= 4 is 5.91 Å². The normalized spacial score (nSPS) is 11.4. The molecule has 0 aliphatic heterocycles. The van der Waals surface area contributed by atoms with E-state index in [9.17, 15) is 18.0 Å². The van der Waals surface area contributed by atoms with Gasteiger partial charge in [-0.25, -0.2) is 4.68 Å². The highest BCUT2D eigenvalue weighted by Gasteiger charge is 2.30. The first-order valence-corrected chi connectivity index (χ1v) is 8.32. The number of rotatable bonds is 4. The van der Waals surface area contributed by atoms with Crippen LogP contribution in [-0.2, 0) is 12.7 Å². The summed E-state index contributed by atoms with van der Waals surface area (Å²) >= 11 is 0. The Morgan fingerprint density at radius 1 is 1.04 bits per heavy atom. The second-order valence-corrected chi connectivity index (χ2v) is 6.26. The Hall–Kier alpha value is -3.09. The van der Waals surface area contributed by atoms with Gasteiger partial charge in [0.1, 0.15) is 0 Å². The number of nitrogens with zero attached hydrogens (tertiary/aromatic N) is 2. The summed E-state index contributed by atoms with van der Waals surface area (Å²) in [6.45, 7) is 4.17. The lowest BCUT2D eigenvalue weighted by Crippen LogP contribution is -2.22. The fourth-order valence-electron chi connectivity index (χ4n) is 2.74. The van der Waals surface area contributed by atoms with Gasteiger partial charge >= 0.3 is 6.18 Å². The minimum atomic E-state index is -4.41. The smallest absolute Gasteiger partial charge is 0.348 e. The van der Waals surface area contributed by atoms with Crippen LogP contribution in [0.15, 0.2) is 54.6 Å². The second-order valence-electron chi connectivity index (χ2n) is 6.26. The van der Waals surface area contributed by atoms with Gasteiger partial charge in [0.2, 0.25) is 0 Å². The van der Waals surface area contributed by atoms with E-state index in [1.165, 1.54) is 12.1 Å². The number of carbonyl (C=O) groups is 1. The Balaban J connectivity index is 1.63. The minimum Gasteiger partial charge on any atom is -0.348 e. The monoisotopic (exact) mass is 373 g/mol. The standard InChI is InChI=1S/C20H18F3N3O/c1-13-11-14(2)26(25-13)18-9-3-15(4-10-18)12-24-19(27)16-5-7-17(8-6-16)20(21,22)23/h3-11H,12H2,1-2H3,(H,24,27). The summed E-state index contributed by atoms with van der Waals surface area (Å²) in [4.78, 5) is 12.1. The zero-order chi connectivity index (χ0) is 19.6. The lowest BCUT2D eigenvalue weighted by atomic mass is 10.1. The lowest BCUT2D eigenvalue weighted by Gasteiger charge is -2.09. The summed E-state index contributed by atoms with van der Waals surface area (Å²) in [6, 6.07) is 13.7. The van der Waals surface area contributed by atoms with Gasteiger partial charge in [0.25, 0.3) is 5.91 Å². The number of hydrogen-bond acceptors (Lipinski definition) is 2. The summed E-state index contributed by atoms with van der Waals surface area (Å²) in [5, 5.41) is 7.12. The van der Waals surface area contributed by atoms with Gasteiger partial charge in [0.15, 0.2) is 0 Å². The number of halogens is 3. The predicted octanol–water partition coefficient (Wildman–Crippen LogP) is 4.44. The maximum Gasteiger partial charge on any atom is 0.416 e. The minimum absolute atomic E-state index is 0.183. The molecule has 0 unspecified atom stereocenters. The molecule has 4 nitrogen and oxygen atoms in total. The number of aryl methyl sites for hydroxylation is 2. The molecule has 0 bridgehead atoms. The number of hydrogen-bond donors (Lipinski definition) is 1. The van der Waals surface area contributed by atoms with Gasteiger partial charge in [-0.15, -0.1) is 0 Å². The summed E-state index contributed by atoms with van der Waals surface area (Å²) in [5.41, 5.74) is 3.15. The van der Waals surface area contributed by atoms with Crippen molar-refractivity contribution in [2.75, 3.05) is 0 Å². The van der Waals surface area contributed by atoms with Crippen molar-refractivity contribution in [3.8, 4) is 5.69 Å². The average Bonchev–Trinajstić information content (AvgIpc) is 2.97. The molecule has 0 atom stereocenters. The molecule has 0 spiro atoms. The molecule has 3 rings (SSSR count). The number of alkyl halides is 3. The predicted molar refractivity (Wildman–Crippen MR) is 95.7 cm³/mol. The first kappa shape index (κ1) is 18.7. The molecule has 1 N–H and O–H groups in total. The van der Waals surface area contributed by atoms with Gasteiger partial charge in [-0.2, -0.15) is 18.3 Å². The van der Waals surface area contributed by atoms with E-state index in [0.29, 0.717) is 0 Å². The van der Waals surface area contributed by atoms with Gasteiger partial charge in [0.05, 0.1) is 16.9 Å². The highest BCUT2D eigenvalue weighted by molar-refractivity contribution is 5.94. The number of nitrogens with one attached hydrogen (secondary N) is 1. The van der Waals surface area contributed by atoms with Crippen LogP contribution in [0, 0.1) is 13.8 Å². The summed E-state index contributed by atoms with van der Waals surface area (Å²) in [6.07, 6.45) is -4.41. The fourth-order valence-corrected chi connectivity index (χ4v) is 2.74. The highest BCUT2D eigenvalue weighted by atomic mass is 19.4. The SMILES string of the molecule is Cc1cc(C)n(-c2ccc(CNC(=O)c3ccc(C(F)(F)F)cc3)cc2)n1. The van der Waals surface area contributed by atoms with Gasteiger partial charge in [0, 0.05) is 17.8 Å². The van der Waals surface area contributed by atoms with Crippen LogP contribution < -0.4 is 5.32 Å². The van der Waals surface area contributed by atoms with E-state index in [0.717, 1.165) is 34.8 Å². The van der Waals surface area contributed by atoms with Crippen LogP contribution in [0.2, 0.25) is 0 Å². The van der Waals surface area contributed by atoms with Crippen molar-refractivity contribution in [3.63, 3.8) is 0 Å². The Bertz CT molecular complexity index is 942. The van der Waals surface area contributed by atoms with E-state index in [1.54, 1.807) is 0 Å². The van der Waals surface area contributed by atoms with Crippen LogP contribution >= 0.6 is 0 Å². The van der Waals surface area contributed by atoms with Crippen LogP contribution in [0.5, 0.6) is 0 Å². The maximum absolute atomic E-state index is 12.6. The molecule has 1 aromatic heterocycles. The van der Waals surface area contributed by atoms with Crippen molar-refractivity contribution in [1.82, 2.24) is 15.1 Å². The van der Waals surface area contributed by atoms with E-state index in [2.05, 4.69) is 10.4 Å². The quantitative estimate of drug-likeness (QED) is 0.735. The summed E-state index contributed by atoms with van der Waals surface area (Å²) < 4.78 is 39.5. The van der Waals surface area contributed by atoms with Crippen molar-refractivity contribution < 1.29 is 18.0 Å². The molecule has 0 saturated carbocycles. The topological polar surface area (TPSA) is 46.9 Å². The first-order chi connectivity index (χ1) is 12.7. The van der Waals surface area contributed by atoms with Crippen LogP contribution in [0.4, 0.5) is 13.2 Å². The van der Waals surface area contributed by atoms with Gasteiger partial charge in [-0.1, -0.05) is 12.1 Å². The van der Waals surface area contributed by atoms with Crippen LogP contribution in [-0.4, -0.2) is 15.7 Å².